The maximum Gasteiger partial charge on any atom is 0.223 e. The van der Waals surface area contributed by atoms with Crippen LogP contribution in [-0.4, -0.2) is 26.9 Å². The zero-order valence-corrected chi connectivity index (χ0v) is 19.0. The number of hydrogen-bond acceptors (Lipinski definition) is 2. The highest BCUT2D eigenvalue weighted by Gasteiger charge is 2.36. The fourth-order valence-electron chi connectivity index (χ4n) is 4.90. The summed E-state index contributed by atoms with van der Waals surface area (Å²) in [6, 6.07) is 25.3. The topological polar surface area (TPSA) is 38.1 Å². The molecule has 0 bridgehead atoms. The molecule has 32 heavy (non-hydrogen) atoms. The number of fused-ring (bicyclic) bond motifs is 1. The average Bonchev–Trinajstić information content (AvgIpc) is 3.37. The minimum absolute atomic E-state index is 0.0607. The number of likely N-dealkylation sites (tertiary alicyclic amines) is 1. The molecule has 1 aliphatic rings. The van der Waals surface area contributed by atoms with Crippen LogP contribution in [0.2, 0.25) is 0 Å². The van der Waals surface area contributed by atoms with Crippen LogP contribution < -0.4 is 0 Å². The van der Waals surface area contributed by atoms with Crippen molar-refractivity contribution in [2.75, 3.05) is 6.54 Å². The van der Waals surface area contributed by atoms with E-state index in [2.05, 4.69) is 73.9 Å². The van der Waals surface area contributed by atoms with E-state index in [9.17, 15) is 4.79 Å². The van der Waals surface area contributed by atoms with Gasteiger partial charge in [0.25, 0.3) is 0 Å². The van der Waals surface area contributed by atoms with Gasteiger partial charge in [0.15, 0.2) is 0 Å². The Kier molecular flexibility index (Phi) is 5.30. The SMILES string of the molecule is Cc1ccc(C)c(Cn2c(C3CC(=O)N(C(C)c4ccccc4)C3)nc3ccccc32)c1. The molecule has 1 aliphatic heterocycles. The largest absolute Gasteiger partial charge is 0.335 e. The van der Waals surface area contributed by atoms with Gasteiger partial charge in [-0.15, -0.1) is 0 Å². The number of imidazole rings is 1. The van der Waals surface area contributed by atoms with E-state index in [0.29, 0.717) is 13.0 Å². The molecule has 0 aliphatic carbocycles. The molecule has 1 saturated heterocycles. The minimum Gasteiger partial charge on any atom is -0.335 e. The standard InChI is InChI=1S/C28H29N3O/c1-19-13-14-20(2)23(15-19)17-31-26-12-8-7-11-25(26)29-28(31)24-16-27(32)30(18-24)21(3)22-9-5-4-6-10-22/h4-15,21,24H,16-18H2,1-3H3. The monoisotopic (exact) mass is 423 g/mol. The molecule has 2 unspecified atom stereocenters. The first kappa shape index (κ1) is 20.5. The van der Waals surface area contributed by atoms with Crippen molar-refractivity contribution >= 4 is 16.9 Å². The summed E-state index contributed by atoms with van der Waals surface area (Å²) in [7, 11) is 0. The first-order valence-electron chi connectivity index (χ1n) is 11.4. The number of nitrogens with zero attached hydrogens (tertiary/aromatic N) is 3. The number of aryl methyl sites for hydroxylation is 2. The molecule has 162 valence electrons. The molecule has 4 heteroatoms. The molecule has 4 aromatic rings. The van der Waals surface area contributed by atoms with E-state index in [-0.39, 0.29) is 17.9 Å². The molecule has 1 amide bonds. The average molecular weight is 424 g/mol. The van der Waals surface area contributed by atoms with Gasteiger partial charge in [0.1, 0.15) is 5.82 Å². The van der Waals surface area contributed by atoms with Crippen LogP contribution in [0.3, 0.4) is 0 Å². The number of aromatic nitrogens is 2. The Morgan fingerprint density at radius 1 is 1.00 bits per heavy atom. The Morgan fingerprint density at radius 3 is 2.56 bits per heavy atom. The molecule has 0 N–H and O–H groups in total. The maximum atomic E-state index is 13.0. The highest BCUT2D eigenvalue weighted by Crippen LogP contribution is 2.35. The minimum atomic E-state index is 0.0607. The molecule has 4 nitrogen and oxygen atoms in total. The van der Waals surface area contributed by atoms with Crippen LogP contribution in [0.25, 0.3) is 11.0 Å². The van der Waals surface area contributed by atoms with Gasteiger partial charge in [0.2, 0.25) is 5.91 Å². The molecular formula is C28H29N3O. The number of amides is 1. The molecule has 0 saturated carbocycles. The molecule has 5 rings (SSSR count). The summed E-state index contributed by atoms with van der Waals surface area (Å²) in [4.78, 5) is 20.1. The van der Waals surface area contributed by atoms with Gasteiger partial charge in [0, 0.05) is 25.4 Å². The van der Waals surface area contributed by atoms with Crippen LogP contribution in [0, 0.1) is 13.8 Å². The fraction of sp³-hybridized carbons (Fsp3) is 0.286. The van der Waals surface area contributed by atoms with Gasteiger partial charge in [-0.3, -0.25) is 4.79 Å². The smallest absolute Gasteiger partial charge is 0.223 e. The third-order valence-corrected chi connectivity index (χ3v) is 6.79. The van der Waals surface area contributed by atoms with Crippen molar-refractivity contribution in [2.45, 2.75) is 45.7 Å². The van der Waals surface area contributed by atoms with Crippen LogP contribution in [-0.2, 0) is 11.3 Å². The molecule has 1 fully saturated rings. The Labute approximate surface area is 189 Å². The molecule has 3 aromatic carbocycles. The number of rotatable bonds is 5. The van der Waals surface area contributed by atoms with Gasteiger partial charge >= 0.3 is 0 Å². The summed E-state index contributed by atoms with van der Waals surface area (Å²) in [6.07, 6.45) is 0.507. The van der Waals surface area contributed by atoms with E-state index in [4.69, 9.17) is 4.98 Å². The Morgan fingerprint density at radius 2 is 1.75 bits per heavy atom. The first-order valence-corrected chi connectivity index (χ1v) is 11.4. The van der Waals surface area contributed by atoms with Crippen molar-refractivity contribution in [3.8, 4) is 0 Å². The fourth-order valence-corrected chi connectivity index (χ4v) is 4.90. The third-order valence-electron chi connectivity index (χ3n) is 6.79. The van der Waals surface area contributed by atoms with Crippen LogP contribution in [0.4, 0.5) is 0 Å². The van der Waals surface area contributed by atoms with E-state index in [1.54, 1.807) is 0 Å². The van der Waals surface area contributed by atoms with Gasteiger partial charge in [0.05, 0.1) is 17.1 Å². The van der Waals surface area contributed by atoms with Gasteiger partial charge in [-0.25, -0.2) is 4.98 Å². The highest BCUT2D eigenvalue weighted by molar-refractivity contribution is 5.81. The predicted molar refractivity (Wildman–Crippen MR) is 129 cm³/mol. The summed E-state index contributed by atoms with van der Waals surface area (Å²) >= 11 is 0. The number of benzene rings is 3. The molecule has 0 spiro atoms. The van der Waals surface area contributed by atoms with E-state index < -0.39 is 0 Å². The Hall–Kier alpha value is -3.40. The lowest BCUT2D eigenvalue weighted by Gasteiger charge is -2.25. The molecule has 2 heterocycles. The van der Waals surface area contributed by atoms with Crippen LogP contribution >= 0.6 is 0 Å². The zero-order valence-electron chi connectivity index (χ0n) is 19.0. The van der Waals surface area contributed by atoms with E-state index in [0.717, 1.165) is 23.4 Å². The summed E-state index contributed by atoms with van der Waals surface area (Å²) in [5.41, 5.74) is 7.13. The lowest BCUT2D eigenvalue weighted by atomic mass is 10.0. The van der Waals surface area contributed by atoms with Crippen molar-refractivity contribution in [3.05, 3.63) is 101 Å². The second-order valence-corrected chi connectivity index (χ2v) is 9.01. The maximum absolute atomic E-state index is 13.0. The highest BCUT2D eigenvalue weighted by atomic mass is 16.2. The van der Waals surface area contributed by atoms with E-state index in [1.165, 1.54) is 22.3 Å². The Bertz CT molecular complexity index is 1270. The van der Waals surface area contributed by atoms with Crippen molar-refractivity contribution in [1.82, 2.24) is 14.5 Å². The number of carbonyl (C=O) groups is 1. The van der Waals surface area contributed by atoms with Gasteiger partial charge in [-0.2, -0.15) is 0 Å². The van der Waals surface area contributed by atoms with Gasteiger partial charge < -0.3 is 9.47 Å². The second-order valence-electron chi connectivity index (χ2n) is 9.01. The molecule has 1 aromatic heterocycles. The number of carbonyl (C=O) groups excluding carboxylic acids is 1. The quantitative estimate of drug-likeness (QED) is 0.408. The lowest BCUT2D eigenvalue weighted by Crippen LogP contribution is -2.28. The normalized spacial score (nSPS) is 17.3. The molecule has 0 radical (unpaired) electrons. The molecule has 2 atom stereocenters. The zero-order chi connectivity index (χ0) is 22.2. The Balaban J connectivity index is 1.51. The van der Waals surface area contributed by atoms with Crippen molar-refractivity contribution in [2.24, 2.45) is 0 Å². The molecular weight excluding hydrogens is 394 g/mol. The van der Waals surface area contributed by atoms with Gasteiger partial charge in [-0.1, -0.05) is 66.2 Å². The third kappa shape index (κ3) is 3.70. The van der Waals surface area contributed by atoms with E-state index >= 15 is 0 Å². The van der Waals surface area contributed by atoms with Crippen LogP contribution in [0.5, 0.6) is 0 Å². The summed E-state index contributed by atoms with van der Waals surface area (Å²) in [6.45, 7) is 7.88. The predicted octanol–water partition coefficient (Wildman–Crippen LogP) is 5.78. The summed E-state index contributed by atoms with van der Waals surface area (Å²) in [5.74, 6) is 1.31. The lowest BCUT2D eigenvalue weighted by molar-refractivity contribution is -0.129. The van der Waals surface area contributed by atoms with Crippen molar-refractivity contribution in [1.29, 1.82) is 0 Å². The first-order chi connectivity index (χ1) is 15.5. The number of hydrogen-bond donors (Lipinski definition) is 0. The number of para-hydroxylation sites is 2. The van der Waals surface area contributed by atoms with Crippen molar-refractivity contribution in [3.63, 3.8) is 0 Å². The van der Waals surface area contributed by atoms with Crippen LogP contribution in [0.1, 0.15) is 53.4 Å². The summed E-state index contributed by atoms with van der Waals surface area (Å²) < 4.78 is 2.33. The van der Waals surface area contributed by atoms with Crippen LogP contribution in [0.15, 0.2) is 72.8 Å². The second kappa shape index (κ2) is 8.27. The summed E-state index contributed by atoms with van der Waals surface area (Å²) in [5, 5.41) is 0. The van der Waals surface area contributed by atoms with E-state index in [1.807, 2.05) is 29.2 Å². The van der Waals surface area contributed by atoms with Crippen molar-refractivity contribution < 1.29 is 4.79 Å². The van der Waals surface area contributed by atoms with Gasteiger partial charge in [-0.05, 0) is 49.6 Å².